The van der Waals surface area contributed by atoms with E-state index in [2.05, 4.69) is 38.2 Å². The minimum absolute atomic E-state index is 0.191. The molecule has 1 rings (SSSR count). The topological polar surface area (TPSA) is 41.5 Å². The molecular formula is C15H25NO2. The van der Waals surface area contributed by atoms with Crippen LogP contribution in [0.5, 0.6) is 5.75 Å². The van der Waals surface area contributed by atoms with Gasteiger partial charge in [-0.15, -0.1) is 0 Å². The largest absolute Gasteiger partial charge is 0.493 e. The van der Waals surface area contributed by atoms with Gasteiger partial charge in [0.25, 0.3) is 0 Å². The third-order valence-electron chi connectivity index (χ3n) is 2.97. The molecule has 0 aromatic heterocycles. The zero-order valence-electron chi connectivity index (χ0n) is 11.9. The van der Waals surface area contributed by atoms with Crippen molar-refractivity contribution in [2.75, 3.05) is 20.3 Å². The van der Waals surface area contributed by atoms with E-state index in [1.807, 2.05) is 13.1 Å². The van der Waals surface area contributed by atoms with Gasteiger partial charge in [-0.05, 0) is 49.6 Å². The smallest absolute Gasteiger partial charge is 0.119 e. The number of aryl methyl sites for hydroxylation is 1. The van der Waals surface area contributed by atoms with Gasteiger partial charge in [-0.25, -0.2) is 0 Å². The number of rotatable bonds is 7. The molecule has 0 spiro atoms. The van der Waals surface area contributed by atoms with Gasteiger partial charge in [0.05, 0.1) is 6.61 Å². The maximum atomic E-state index is 9.06. The molecule has 3 nitrogen and oxygen atoms in total. The van der Waals surface area contributed by atoms with Crippen LogP contribution in [0.4, 0.5) is 0 Å². The van der Waals surface area contributed by atoms with Crippen LogP contribution in [0.2, 0.25) is 0 Å². The van der Waals surface area contributed by atoms with Gasteiger partial charge < -0.3 is 15.2 Å². The predicted molar refractivity (Wildman–Crippen MR) is 75.0 cm³/mol. The first-order valence-corrected chi connectivity index (χ1v) is 6.60. The fraction of sp³-hybridized carbons (Fsp3) is 0.600. The van der Waals surface area contributed by atoms with Crippen molar-refractivity contribution < 1.29 is 9.84 Å². The molecule has 0 radical (unpaired) electrons. The quantitative estimate of drug-likeness (QED) is 0.783. The lowest BCUT2D eigenvalue weighted by molar-refractivity contribution is 0.267. The Labute approximate surface area is 110 Å². The minimum atomic E-state index is 0.191. The summed E-state index contributed by atoms with van der Waals surface area (Å²) in [7, 11) is 1.92. The van der Waals surface area contributed by atoms with Gasteiger partial charge in [0, 0.05) is 12.6 Å². The van der Waals surface area contributed by atoms with Gasteiger partial charge in [-0.1, -0.05) is 19.9 Å². The van der Waals surface area contributed by atoms with Gasteiger partial charge in [0.15, 0.2) is 0 Å². The van der Waals surface area contributed by atoms with Crippen molar-refractivity contribution in [3.05, 3.63) is 29.3 Å². The monoisotopic (exact) mass is 251 g/mol. The molecule has 0 heterocycles. The molecule has 102 valence electrons. The van der Waals surface area contributed by atoms with Crippen molar-refractivity contribution >= 4 is 0 Å². The van der Waals surface area contributed by atoms with E-state index in [1.54, 1.807) is 0 Å². The van der Waals surface area contributed by atoms with E-state index in [1.165, 1.54) is 11.1 Å². The maximum Gasteiger partial charge on any atom is 0.119 e. The van der Waals surface area contributed by atoms with Crippen LogP contribution in [0.1, 0.15) is 37.4 Å². The number of hydrogen-bond donors (Lipinski definition) is 2. The third-order valence-corrected chi connectivity index (χ3v) is 2.97. The standard InChI is InChI=1S/C15H25NO2/c1-11(2)10-18-13-5-6-14(12(3)9-13)15(16-4)7-8-17/h5-6,9,11,15-17H,7-8,10H2,1-4H3. The van der Waals surface area contributed by atoms with E-state index in [-0.39, 0.29) is 12.6 Å². The van der Waals surface area contributed by atoms with Gasteiger partial charge >= 0.3 is 0 Å². The molecule has 0 aliphatic heterocycles. The van der Waals surface area contributed by atoms with Gasteiger partial charge in [-0.2, -0.15) is 0 Å². The Morgan fingerprint density at radius 1 is 1.33 bits per heavy atom. The molecule has 0 fully saturated rings. The first-order chi connectivity index (χ1) is 8.58. The Hall–Kier alpha value is -1.06. The summed E-state index contributed by atoms with van der Waals surface area (Å²) in [5.41, 5.74) is 2.42. The molecule has 0 aliphatic rings. The summed E-state index contributed by atoms with van der Waals surface area (Å²) in [5.74, 6) is 1.45. The first kappa shape index (κ1) is 15.0. The Balaban J connectivity index is 2.78. The number of hydrogen-bond acceptors (Lipinski definition) is 3. The maximum absolute atomic E-state index is 9.06. The molecule has 0 saturated heterocycles. The van der Waals surface area contributed by atoms with Crippen LogP contribution in [0, 0.1) is 12.8 Å². The number of ether oxygens (including phenoxy) is 1. The lowest BCUT2D eigenvalue weighted by Gasteiger charge is -2.19. The number of aliphatic hydroxyl groups excluding tert-OH is 1. The van der Waals surface area contributed by atoms with Crippen molar-refractivity contribution in [1.82, 2.24) is 5.32 Å². The van der Waals surface area contributed by atoms with Crippen molar-refractivity contribution in [3.63, 3.8) is 0 Å². The average Bonchev–Trinajstić information content (AvgIpc) is 2.34. The van der Waals surface area contributed by atoms with Crippen LogP contribution in [0.3, 0.4) is 0 Å². The average molecular weight is 251 g/mol. The molecule has 1 aromatic carbocycles. The van der Waals surface area contributed by atoms with Crippen molar-refractivity contribution in [2.45, 2.75) is 33.2 Å². The van der Waals surface area contributed by atoms with Crippen molar-refractivity contribution in [1.29, 1.82) is 0 Å². The summed E-state index contributed by atoms with van der Waals surface area (Å²) < 4.78 is 5.71. The summed E-state index contributed by atoms with van der Waals surface area (Å²) >= 11 is 0. The van der Waals surface area contributed by atoms with Crippen LogP contribution in [0.15, 0.2) is 18.2 Å². The Kier molecular flexibility index (Phi) is 6.16. The minimum Gasteiger partial charge on any atom is -0.493 e. The molecule has 1 unspecified atom stereocenters. The molecule has 0 bridgehead atoms. The van der Waals surface area contributed by atoms with E-state index in [9.17, 15) is 0 Å². The van der Waals surface area contributed by atoms with Gasteiger partial charge in [0.1, 0.15) is 5.75 Å². The normalized spacial score (nSPS) is 12.8. The van der Waals surface area contributed by atoms with E-state index in [0.717, 1.165) is 18.8 Å². The summed E-state index contributed by atoms with van der Waals surface area (Å²) in [6, 6.07) is 6.36. The summed E-state index contributed by atoms with van der Waals surface area (Å²) in [5, 5.41) is 12.3. The zero-order valence-corrected chi connectivity index (χ0v) is 11.9. The van der Waals surface area contributed by atoms with E-state index >= 15 is 0 Å². The zero-order chi connectivity index (χ0) is 13.5. The van der Waals surface area contributed by atoms with Crippen molar-refractivity contribution in [3.8, 4) is 5.75 Å². The van der Waals surface area contributed by atoms with Gasteiger partial charge in [-0.3, -0.25) is 0 Å². The second kappa shape index (κ2) is 7.39. The molecule has 0 saturated carbocycles. The molecule has 0 amide bonds. The molecule has 1 atom stereocenters. The molecule has 3 heteroatoms. The summed E-state index contributed by atoms with van der Waals surface area (Å²) in [6.07, 6.45) is 0.726. The second-order valence-corrected chi connectivity index (χ2v) is 5.08. The molecule has 18 heavy (non-hydrogen) atoms. The summed E-state index contributed by atoms with van der Waals surface area (Å²) in [6.45, 7) is 7.29. The van der Waals surface area contributed by atoms with Crippen LogP contribution < -0.4 is 10.1 Å². The highest BCUT2D eigenvalue weighted by atomic mass is 16.5. The molecule has 2 N–H and O–H groups in total. The lowest BCUT2D eigenvalue weighted by atomic mass is 9.99. The van der Waals surface area contributed by atoms with E-state index in [4.69, 9.17) is 9.84 Å². The van der Waals surface area contributed by atoms with E-state index < -0.39 is 0 Å². The third kappa shape index (κ3) is 4.31. The number of aliphatic hydroxyl groups is 1. The Morgan fingerprint density at radius 3 is 2.56 bits per heavy atom. The second-order valence-electron chi connectivity index (χ2n) is 5.08. The highest BCUT2D eigenvalue weighted by Crippen LogP contribution is 2.24. The summed E-state index contributed by atoms with van der Waals surface area (Å²) in [4.78, 5) is 0. The molecule has 0 aliphatic carbocycles. The highest BCUT2D eigenvalue weighted by molar-refractivity contribution is 5.36. The fourth-order valence-electron chi connectivity index (χ4n) is 1.98. The molecular weight excluding hydrogens is 226 g/mol. The first-order valence-electron chi connectivity index (χ1n) is 6.60. The van der Waals surface area contributed by atoms with E-state index in [0.29, 0.717) is 5.92 Å². The number of nitrogens with one attached hydrogen (secondary N) is 1. The van der Waals surface area contributed by atoms with Crippen LogP contribution in [0.25, 0.3) is 0 Å². The lowest BCUT2D eigenvalue weighted by Crippen LogP contribution is -2.18. The predicted octanol–water partition coefficient (Wildman–Crippen LogP) is 2.67. The van der Waals surface area contributed by atoms with Crippen molar-refractivity contribution in [2.24, 2.45) is 5.92 Å². The Bertz CT molecular complexity index is 364. The van der Waals surface area contributed by atoms with Crippen LogP contribution >= 0.6 is 0 Å². The van der Waals surface area contributed by atoms with Gasteiger partial charge in [0.2, 0.25) is 0 Å². The number of benzene rings is 1. The highest BCUT2D eigenvalue weighted by Gasteiger charge is 2.11. The fourth-order valence-corrected chi connectivity index (χ4v) is 1.98. The molecule has 1 aromatic rings. The SMILES string of the molecule is CNC(CCO)c1ccc(OCC(C)C)cc1C. The Morgan fingerprint density at radius 2 is 2.06 bits per heavy atom. The van der Waals surface area contributed by atoms with Crippen LogP contribution in [-0.2, 0) is 0 Å². The van der Waals surface area contributed by atoms with Crippen LogP contribution in [-0.4, -0.2) is 25.4 Å².